The maximum Gasteiger partial charge on any atom is 0.257 e. The van der Waals surface area contributed by atoms with Crippen molar-refractivity contribution in [3.8, 4) is 22.6 Å². The number of nitrogens with one attached hydrogen (secondary N) is 1. The molecule has 11 nitrogen and oxygen atoms in total. The lowest BCUT2D eigenvalue weighted by molar-refractivity contribution is 0.00732. The van der Waals surface area contributed by atoms with Gasteiger partial charge in [0, 0.05) is 56.9 Å². The van der Waals surface area contributed by atoms with E-state index in [-0.39, 0.29) is 30.2 Å². The molecule has 0 spiro atoms. The Morgan fingerprint density at radius 3 is 2.31 bits per heavy atom. The highest BCUT2D eigenvalue weighted by Gasteiger charge is 2.34. The van der Waals surface area contributed by atoms with Crippen LogP contribution in [0.15, 0.2) is 97.5 Å². The first-order chi connectivity index (χ1) is 24.1. The van der Waals surface area contributed by atoms with Gasteiger partial charge in [-0.25, -0.2) is 9.97 Å². The predicted octanol–water partition coefficient (Wildman–Crippen LogP) is 5.40. The summed E-state index contributed by atoms with van der Waals surface area (Å²) < 4.78 is 21.0. The Morgan fingerprint density at radius 1 is 0.898 bits per heavy atom. The first-order valence-corrected chi connectivity index (χ1v) is 16.7. The fourth-order valence-corrected chi connectivity index (χ4v) is 7.00. The summed E-state index contributed by atoms with van der Waals surface area (Å²) >= 11 is 0. The number of amides is 1. The zero-order chi connectivity index (χ0) is 33.3. The minimum absolute atomic E-state index is 0.00208. The minimum atomic E-state index is -0.217. The fourth-order valence-electron chi connectivity index (χ4n) is 7.00. The van der Waals surface area contributed by atoms with E-state index in [1.807, 2.05) is 54.9 Å². The molecule has 5 heterocycles. The molecule has 1 unspecified atom stereocenters. The Kier molecular flexibility index (Phi) is 8.54. The number of benzene rings is 2. The second-order valence-corrected chi connectivity index (χ2v) is 12.8. The van der Waals surface area contributed by atoms with Crippen LogP contribution in [0.2, 0.25) is 0 Å². The summed E-state index contributed by atoms with van der Waals surface area (Å²) in [6.45, 7) is 2.32. The highest BCUT2D eigenvalue weighted by atomic mass is 16.5. The van der Waals surface area contributed by atoms with Crippen LogP contribution in [0.1, 0.15) is 40.4 Å². The van der Waals surface area contributed by atoms with Gasteiger partial charge in [0.05, 0.1) is 43.3 Å². The third kappa shape index (κ3) is 5.94. The number of rotatable bonds is 11. The number of hydrogen-bond donors (Lipinski definition) is 1. The monoisotopic (exact) mass is 657 g/mol. The van der Waals surface area contributed by atoms with Crippen LogP contribution in [-0.4, -0.2) is 75.7 Å². The molecule has 0 bridgehead atoms. The number of ether oxygens (including phenoxy) is 3. The van der Waals surface area contributed by atoms with Crippen LogP contribution in [0.5, 0.6) is 0 Å². The Hall–Kier alpha value is -5.10. The standard InChI is InChI=1S/C38H39N7O4/c1-47-33-16-15-30(33)42-38(46)29-20-40-45-35(43(21-25-10-5-3-6-11-25)22-26-12-7-4-8-13-26)18-31(41-37(29)45)28-19-39-36-27(28)14-9-17-44(36)32-23-49-24-34(32)48-2/h3-14,17-20,30,32-34H,15-16,21-24H2,1-2H3,(H,42,46)/t30?,32-,33+,34-/m1/s1. The van der Waals surface area contributed by atoms with Crippen molar-refractivity contribution in [2.45, 2.75) is 50.2 Å². The Bertz CT molecular complexity index is 1980. The molecule has 4 aromatic rings. The summed E-state index contributed by atoms with van der Waals surface area (Å²) in [5, 5.41) is 7.94. The number of nitrogens with zero attached hydrogens (tertiary/aromatic N) is 6. The SMILES string of the molecule is CO[C@H]1CCC1NC(=O)c1cnn2c(N(Cc3ccccc3)Cc3ccccc3)cc(-c3cnc4n([C@@H]5COC[C@H]5OC)cccc3-4)nc12. The predicted molar refractivity (Wildman–Crippen MR) is 186 cm³/mol. The van der Waals surface area contributed by atoms with Crippen LogP contribution < -0.4 is 10.2 Å². The van der Waals surface area contributed by atoms with Crippen molar-refractivity contribution in [2.24, 2.45) is 0 Å². The summed E-state index contributed by atoms with van der Waals surface area (Å²) in [6.07, 6.45) is 7.25. The molecule has 1 saturated carbocycles. The van der Waals surface area contributed by atoms with Gasteiger partial charge in [0.1, 0.15) is 23.3 Å². The van der Waals surface area contributed by atoms with Gasteiger partial charge in [-0.05, 0) is 36.1 Å². The summed E-state index contributed by atoms with van der Waals surface area (Å²) in [5.41, 5.74) is 5.71. The smallest absolute Gasteiger partial charge is 0.257 e. The molecule has 0 radical (unpaired) electrons. The van der Waals surface area contributed by atoms with Gasteiger partial charge in [-0.2, -0.15) is 9.61 Å². The van der Waals surface area contributed by atoms with E-state index in [0.29, 0.717) is 43.2 Å². The van der Waals surface area contributed by atoms with Crippen LogP contribution >= 0.6 is 0 Å². The fraction of sp³-hybridized carbons (Fsp3) is 0.316. The van der Waals surface area contributed by atoms with Crippen molar-refractivity contribution >= 4 is 17.4 Å². The summed E-state index contributed by atoms with van der Waals surface area (Å²) in [6, 6.07) is 26.8. The Morgan fingerprint density at radius 2 is 1.63 bits per heavy atom. The second kappa shape index (κ2) is 13.4. The third-order valence-corrected chi connectivity index (χ3v) is 9.82. The van der Waals surface area contributed by atoms with Crippen LogP contribution in [0.25, 0.3) is 28.3 Å². The van der Waals surface area contributed by atoms with Crippen molar-refractivity contribution in [3.63, 3.8) is 0 Å². The number of carbonyl (C=O) groups excluding carboxylic acids is 1. The maximum atomic E-state index is 13.8. The van der Waals surface area contributed by atoms with E-state index in [0.717, 1.165) is 46.7 Å². The average Bonchev–Trinajstić information content (AvgIpc) is 3.89. The van der Waals surface area contributed by atoms with Gasteiger partial charge in [0.2, 0.25) is 0 Å². The molecule has 1 aliphatic carbocycles. The molecule has 11 heteroatoms. The Labute approximate surface area is 284 Å². The van der Waals surface area contributed by atoms with E-state index in [9.17, 15) is 4.79 Å². The number of anilines is 1. The van der Waals surface area contributed by atoms with E-state index in [1.165, 1.54) is 0 Å². The van der Waals surface area contributed by atoms with Crippen LogP contribution in [0.3, 0.4) is 0 Å². The van der Waals surface area contributed by atoms with Crippen molar-refractivity contribution in [1.82, 2.24) is 29.5 Å². The average molecular weight is 658 g/mol. The number of fused-ring (bicyclic) bond motifs is 2. The minimum Gasteiger partial charge on any atom is -0.379 e. The molecule has 4 atom stereocenters. The maximum absolute atomic E-state index is 13.8. The van der Waals surface area contributed by atoms with E-state index in [2.05, 4.69) is 51.2 Å². The molecule has 2 aromatic heterocycles. The topological polar surface area (TPSA) is 108 Å². The normalized spacial score (nSPS) is 20.4. The molecule has 2 aromatic carbocycles. The molecule has 1 saturated heterocycles. The number of carbonyl (C=O) groups is 1. The zero-order valence-electron chi connectivity index (χ0n) is 27.6. The van der Waals surface area contributed by atoms with E-state index in [4.69, 9.17) is 29.3 Å². The summed E-state index contributed by atoms with van der Waals surface area (Å²) in [7, 11) is 3.40. The quantitative estimate of drug-likeness (QED) is 0.198. The van der Waals surface area contributed by atoms with Gasteiger partial charge >= 0.3 is 0 Å². The van der Waals surface area contributed by atoms with Gasteiger partial charge in [-0.1, -0.05) is 60.7 Å². The van der Waals surface area contributed by atoms with Gasteiger partial charge in [-0.3, -0.25) is 4.79 Å². The molecule has 4 aliphatic rings. The molecule has 1 amide bonds. The summed E-state index contributed by atoms with van der Waals surface area (Å²) in [4.78, 5) is 26.1. The van der Waals surface area contributed by atoms with Crippen LogP contribution in [-0.2, 0) is 27.3 Å². The molecule has 8 rings (SSSR count). The van der Waals surface area contributed by atoms with E-state index >= 15 is 0 Å². The highest BCUT2D eigenvalue weighted by Crippen LogP contribution is 2.38. The first-order valence-electron chi connectivity index (χ1n) is 16.7. The molecule has 1 N–H and O–H groups in total. The first kappa shape index (κ1) is 31.2. The van der Waals surface area contributed by atoms with Gasteiger partial charge in [-0.15, -0.1) is 0 Å². The second-order valence-electron chi connectivity index (χ2n) is 12.8. The van der Waals surface area contributed by atoms with Crippen molar-refractivity contribution in [3.05, 3.63) is 114 Å². The van der Waals surface area contributed by atoms with E-state index < -0.39 is 0 Å². The molecule has 2 fully saturated rings. The third-order valence-electron chi connectivity index (χ3n) is 9.82. The number of aromatic nitrogens is 5. The van der Waals surface area contributed by atoms with Gasteiger partial charge in [0.25, 0.3) is 5.91 Å². The van der Waals surface area contributed by atoms with Crippen molar-refractivity contribution in [2.75, 3.05) is 32.3 Å². The molecular formula is C38H39N7O4. The largest absolute Gasteiger partial charge is 0.379 e. The van der Waals surface area contributed by atoms with Crippen LogP contribution in [0.4, 0.5) is 5.82 Å². The lowest BCUT2D eigenvalue weighted by atomic mass is 9.89. The number of methoxy groups -OCH3 is 2. The molecule has 49 heavy (non-hydrogen) atoms. The molecule has 3 aliphatic heterocycles. The van der Waals surface area contributed by atoms with Crippen molar-refractivity contribution < 1.29 is 19.0 Å². The lowest BCUT2D eigenvalue weighted by Gasteiger charge is -2.35. The van der Waals surface area contributed by atoms with Gasteiger partial charge in [0.15, 0.2) is 5.65 Å². The number of hydrogen-bond acceptors (Lipinski definition) is 8. The number of pyridine rings is 1. The lowest BCUT2D eigenvalue weighted by Crippen LogP contribution is -2.51. The van der Waals surface area contributed by atoms with Crippen LogP contribution in [0, 0.1) is 0 Å². The summed E-state index contributed by atoms with van der Waals surface area (Å²) in [5.74, 6) is 1.42. The highest BCUT2D eigenvalue weighted by molar-refractivity contribution is 6.00. The zero-order valence-corrected chi connectivity index (χ0v) is 27.6. The Balaban J connectivity index is 1.26. The van der Waals surface area contributed by atoms with Crippen molar-refractivity contribution in [1.29, 1.82) is 0 Å². The van der Waals surface area contributed by atoms with E-state index in [1.54, 1.807) is 24.9 Å². The molecule has 250 valence electrons. The van der Waals surface area contributed by atoms with Gasteiger partial charge < -0.3 is 29.0 Å². The molecular weight excluding hydrogens is 618 g/mol.